The van der Waals surface area contributed by atoms with E-state index in [2.05, 4.69) is 41.7 Å². The minimum atomic E-state index is -0.368. The average molecular weight is 353 g/mol. The summed E-state index contributed by atoms with van der Waals surface area (Å²) in [4.78, 5) is 12.8. The number of hydrogen-bond acceptors (Lipinski definition) is 3. The van der Waals surface area contributed by atoms with Gasteiger partial charge in [-0.15, -0.1) is 0 Å². The molecule has 3 rings (SSSR count). The number of benzene rings is 2. The molecule has 0 spiro atoms. The highest BCUT2D eigenvalue weighted by molar-refractivity contribution is 5.83. The number of methoxy groups -OCH3 is 1. The molecule has 1 saturated heterocycles. The largest absolute Gasteiger partial charge is 0.497 e. The maximum absolute atomic E-state index is 12.8. The lowest BCUT2D eigenvalue weighted by atomic mass is 9.74. The summed E-state index contributed by atoms with van der Waals surface area (Å²) in [6, 6.07) is 16.5. The van der Waals surface area contributed by atoms with Gasteiger partial charge in [0.05, 0.1) is 12.5 Å². The molecule has 1 heterocycles. The smallest absolute Gasteiger partial charge is 0.226 e. The quantitative estimate of drug-likeness (QED) is 0.858. The van der Waals surface area contributed by atoms with E-state index in [9.17, 15) is 4.79 Å². The van der Waals surface area contributed by atoms with Gasteiger partial charge in [0.15, 0.2) is 0 Å². The summed E-state index contributed by atoms with van der Waals surface area (Å²) < 4.78 is 10.7. The molecule has 0 radical (unpaired) electrons. The van der Waals surface area contributed by atoms with Crippen LogP contribution in [0.15, 0.2) is 48.5 Å². The molecule has 0 aliphatic carbocycles. The molecular weight excluding hydrogens is 326 g/mol. The number of ether oxygens (including phenoxy) is 2. The number of hydrogen-bond donors (Lipinski definition) is 1. The molecule has 0 bridgehead atoms. The molecular formula is C22H27NO3. The second-order valence-electron chi connectivity index (χ2n) is 6.86. The zero-order valence-corrected chi connectivity index (χ0v) is 15.6. The zero-order chi connectivity index (χ0) is 18.4. The number of nitrogens with one attached hydrogen (secondary N) is 1. The average Bonchev–Trinajstić information content (AvgIpc) is 2.69. The highest BCUT2D eigenvalue weighted by Crippen LogP contribution is 2.35. The third kappa shape index (κ3) is 4.07. The number of carbonyl (C=O) groups excluding carboxylic acids is 1. The Morgan fingerprint density at radius 3 is 2.50 bits per heavy atom. The Labute approximate surface area is 155 Å². The van der Waals surface area contributed by atoms with Crippen LogP contribution in [0.5, 0.6) is 5.75 Å². The molecule has 0 aromatic heterocycles. The van der Waals surface area contributed by atoms with Crippen LogP contribution in [0.4, 0.5) is 0 Å². The summed E-state index contributed by atoms with van der Waals surface area (Å²) in [5.41, 5.74) is 3.12. The van der Waals surface area contributed by atoms with Gasteiger partial charge >= 0.3 is 0 Å². The lowest BCUT2D eigenvalue weighted by Gasteiger charge is -2.36. The predicted molar refractivity (Wildman–Crippen MR) is 103 cm³/mol. The first-order valence-corrected chi connectivity index (χ1v) is 9.26. The van der Waals surface area contributed by atoms with Crippen LogP contribution in [0.2, 0.25) is 0 Å². The molecule has 4 nitrogen and oxygen atoms in total. The Kier molecular flexibility index (Phi) is 5.94. The lowest BCUT2D eigenvalue weighted by molar-refractivity contribution is -0.136. The van der Waals surface area contributed by atoms with Crippen molar-refractivity contribution in [3.05, 3.63) is 54.1 Å². The molecule has 1 fully saturated rings. The maximum Gasteiger partial charge on any atom is 0.226 e. The van der Waals surface area contributed by atoms with Crippen LogP contribution in [-0.4, -0.2) is 32.8 Å². The molecule has 26 heavy (non-hydrogen) atoms. The molecule has 1 aliphatic heterocycles. The van der Waals surface area contributed by atoms with Crippen molar-refractivity contribution in [2.75, 3.05) is 26.9 Å². The predicted octanol–water partition coefficient (Wildman–Crippen LogP) is 3.84. The zero-order valence-electron chi connectivity index (χ0n) is 15.6. The molecule has 1 amide bonds. The fourth-order valence-electron chi connectivity index (χ4n) is 3.63. The molecule has 2 aromatic carbocycles. The van der Waals surface area contributed by atoms with Crippen molar-refractivity contribution in [1.29, 1.82) is 0 Å². The van der Waals surface area contributed by atoms with Crippen molar-refractivity contribution >= 4 is 5.91 Å². The van der Waals surface area contributed by atoms with E-state index in [1.54, 1.807) is 7.11 Å². The Hall–Kier alpha value is -2.33. The van der Waals surface area contributed by atoms with E-state index in [1.165, 1.54) is 5.56 Å². The molecule has 1 aliphatic rings. The summed E-state index contributed by atoms with van der Waals surface area (Å²) in [6.07, 6.45) is 2.28. The molecule has 4 heteroatoms. The van der Waals surface area contributed by atoms with Gasteiger partial charge in [0.2, 0.25) is 5.91 Å². The highest BCUT2D eigenvalue weighted by Gasteiger charge is 2.39. The van der Waals surface area contributed by atoms with Gasteiger partial charge in [0, 0.05) is 19.8 Å². The van der Waals surface area contributed by atoms with Crippen molar-refractivity contribution in [1.82, 2.24) is 5.32 Å². The molecule has 0 saturated carbocycles. The lowest BCUT2D eigenvalue weighted by Crippen LogP contribution is -2.46. The van der Waals surface area contributed by atoms with E-state index in [0.717, 1.165) is 36.1 Å². The second-order valence-corrected chi connectivity index (χ2v) is 6.86. The van der Waals surface area contributed by atoms with Crippen LogP contribution in [0.3, 0.4) is 0 Å². The van der Waals surface area contributed by atoms with E-state index in [1.807, 2.05) is 19.1 Å². The Bertz CT molecular complexity index is 733. The number of rotatable bonds is 6. The Morgan fingerprint density at radius 2 is 1.85 bits per heavy atom. The van der Waals surface area contributed by atoms with E-state index < -0.39 is 0 Å². The van der Waals surface area contributed by atoms with Gasteiger partial charge in [-0.1, -0.05) is 36.4 Å². The van der Waals surface area contributed by atoms with Gasteiger partial charge in [0.1, 0.15) is 5.75 Å². The summed E-state index contributed by atoms with van der Waals surface area (Å²) in [5, 5.41) is 3.03. The van der Waals surface area contributed by atoms with Gasteiger partial charge in [-0.25, -0.2) is 0 Å². The maximum atomic E-state index is 12.8. The van der Waals surface area contributed by atoms with Crippen LogP contribution >= 0.6 is 0 Å². The monoisotopic (exact) mass is 353 g/mol. The molecule has 0 atom stereocenters. The first kappa shape index (κ1) is 18.5. The molecule has 0 unspecified atom stereocenters. The third-order valence-electron chi connectivity index (χ3n) is 5.16. The molecule has 1 N–H and O–H groups in total. The fraction of sp³-hybridized carbons (Fsp3) is 0.409. The van der Waals surface area contributed by atoms with Gasteiger partial charge in [0.25, 0.3) is 0 Å². The van der Waals surface area contributed by atoms with Crippen molar-refractivity contribution in [2.45, 2.75) is 26.2 Å². The van der Waals surface area contributed by atoms with Gasteiger partial charge in [-0.3, -0.25) is 4.79 Å². The number of amides is 1. The van der Waals surface area contributed by atoms with Crippen LogP contribution in [0.25, 0.3) is 11.1 Å². The standard InChI is InChI=1S/C22H27NO3/c1-3-23-21(24)22(11-13-26-14-12-22)16-17-5-4-6-19(15-17)18-7-9-20(25-2)10-8-18/h4-10,15H,3,11-14,16H2,1-2H3,(H,23,24). The molecule has 138 valence electrons. The van der Waals surface area contributed by atoms with Gasteiger partial charge in [-0.05, 0) is 55.0 Å². The summed E-state index contributed by atoms with van der Waals surface area (Å²) in [6.45, 7) is 3.92. The van der Waals surface area contributed by atoms with Crippen molar-refractivity contribution < 1.29 is 14.3 Å². The number of carbonyl (C=O) groups is 1. The van der Waals surface area contributed by atoms with Crippen molar-refractivity contribution in [2.24, 2.45) is 5.41 Å². The minimum absolute atomic E-state index is 0.151. The summed E-state index contributed by atoms with van der Waals surface area (Å²) in [5.74, 6) is 1.00. The van der Waals surface area contributed by atoms with E-state index in [4.69, 9.17) is 9.47 Å². The first-order chi connectivity index (χ1) is 12.7. The second kappa shape index (κ2) is 8.37. The SMILES string of the molecule is CCNC(=O)C1(Cc2cccc(-c3ccc(OC)cc3)c2)CCOCC1. The van der Waals surface area contributed by atoms with E-state index >= 15 is 0 Å². The van der Waals surface area contributed by atoms with E-state index in [-0.39, 0.29) is 11.3 Å². The van der Waals surface area contributed by atoms with Crippen molar-refractivity contribution in [3.63, 3.8) is 0 Å². The summed E-state index contributed by atoms with van der Waals surface area (Å²) in [7, 11) is 1.67. The topological polar surface area (TPSA) is 47.6 Å². The first-order valence-electron chi connectivity index (χ1n) is 9.26. The van der Waals surface area contributed by atoms with Crippen LogP contribution in [0, 0.1) is 5.41 Å². The fourth-order valence-corrected chi connectivity index (χ4v) is 3.63. The van der Waals surface area contributed by atoms with Crippen LogP contribution < -0.4 is 10.1 Å². The molecule has 2 aromatic rings. The Balaban J connectivity index is 1.84. The third-order valence-corrected chi connectivity index (χ3v) is 5.16. The van der Waals surface area contributed by atoms with Gasteiger partial charge < -0.3 is 14.8 Å². The van der Waals surface area contributed by atoms with Crippen LogP contribution in [-0.2, 0) is 16.0 Å². The van der Waals surface area contributed by atoms with Gasteiger partial charge in [-0.2, -0.15) is 0 Å². The summed E-state index contributed by atoms with van der Waals surface area (Å²) >= 11 is 0. The minimum Gasteiger partial charge on any atom is -0.497 e. The van der Waals surface area contributed by atoms with E-state index in [0.29, 0.717) is 19.8 Å². The normalized spacial score (nSPS) is 16.1. The van der Waals surface area contributed by atoms with Crippen molar-refractivity contribution in [3.8, 4) is 16.9 Å². The highest BCUT2D eigenvalue weighted by atomic mass is 16.5. The Morgan fingerprint density at radius 1 is 1.12 bits per heavy atom. The van der Waals surface area contributed by atoms with Crippen LogP contribution in [0.1, 0.15) is 25.3 Å².